The third kappa shape index (κ3) is 2.03. The van der Waals surface area contributed by atoms with Crippen molar-refractivity contribution in [2.45, 2.75) is 19.8 Å². The number of benzene rings is 1. The first-order chi connectivity index (χ1) is 7.16. The van der Waals surface area contributed by atoms with Gasteiger partial charge in [0.05, 0.1) is 5.71 Å². The third-order valence-corrected chi connectivity index (χ3v) is 2.42. The van der Waals surface area contributed by atoms with Crippen LogP contribution in [0.25, 0.3) is 0 Å². The van der Waals surface area contributed by atoms with E-state index in [1.807, 2.05) is 6.92 Å². The summed E-state index contributed by atoms with van der Waals surface area (Å²) in [4.78, 5) is 0. The van der Waals surface area contributed by atoms with Gasteiger partial charge in [0.1, 0.15) is 11.7 Å². The van der Waals surface area contributed by atoms with Crippen LogP contribution in [0.3, 0.4) is 0 Å². The van der Waals surface area contributed by atoms with Crippen molar-refractivity contribution < 1.29 is 4.39 Å². The lowest BCUT2D eigenvalue weighted by atomic mass is 10.00. The fourth-order valence-corrected chi connectivity index (χ4v) is 1.61. The number of hydrogen-bond donors (Lipinski definition) is 1. The predicted molar refractivity (Wildman–Crippen MR) is 58.5 cm³/mol. The van der Waals surface area contributed by atoms with Gasteiger partial charge >= 0.3 is 0 Å². The first kappa shape index (κ1) is 9.83. The van der Waals surface area contributed by atoms with E-state index in [1.54, 1.807) is 6.07 Å². The van der Waals surface area contributed by atoms with Gasteiger partial charge in [-0.25, -0.2) is 4.39 Å². The summed E-state index contributed by atoms with van der Waals surface area (Å²) in [5.74, 6) is 0.328. The minimum Gasteiger partial charge on any atom is -0.386 e. The summed E-state index contributed by atoms with van der Waals surface area (Å²) >= 11 is 0. The van der Waals surface area contributed by atoms with Gasteiger partial charge in [0.15, 0.2) is 0 Å². The van der Waals surface area contributed by atoms with E-state index < -0.39 is 0 Å². The Hall–Kier alpha value is -1.71. The SMILES string of the molecule is Cc1cc(F)ccc1C1=NN=C(N)CC1. The molecule has 0 saturated carbocycles. The van der Waals surface area contributed by atoms with Gasteiger partial charge in [-0.1, -0.05) is 0 Å². The Morgan fingerprint density at radius 3 is 2.67 bits per heavy atom. The molecule has 0 amide bonds. The van der Waals surface area contributed by atoms with E-state index in [2.05, 4.69) is 10.2 Å². The fraction of sp³-hybridized carbons (Fsp3) is 0.273. The van der Waals surface area contributed by atoms with Crippen molar-refractivity contribution in [2.24, 2.45) is 15.9 Å². The Morgan fingerprint density at radius 2 is 2.07 bits per heavy atom. The molecule has 1 heterocycles. The average molecular weight is 205 g/mol. The minimum atomic E-state index is -0.226. The Labute approximate surface area is 87.5 Å². The molecule has 0 bridgehead atoms. The van der Waals surface area contributed by atoms with E-state index in [4.69, 9.17) is 5.73 Å². The molecule has 1 aromatic carbocycles. The highest BCUT2D eigenvalue weighted by molar-refractivity contribution is 6.05. The second kappa shape index (κ2) is 3.81. The molecule has 0 fully saturated rings. The van der Waals surface area contributed by atoms with Gasteiger partial charge in [-0.15, -0.1) is 5.10 Å². The maximum Gasteiger partial charge on any atom is 0.123 e. The molecule has 1 aromatic rings. The maximum atomic E-state index is 12.9. The lowest BCUT2D eigenvalue weighted by molar-refractivity contribution is 0.626. The highest BCUT2D eigenvalue weighted by atomic mass is 19.1. The van der Waals surface area contributed by atoms with Crippen LogP contribution in [-0.4, -0.2) is 11.5 Å². The highest BCUT2D eigenvalue weighted by Gasteiger charge is 2.11. The van der Waals surface area contributed by atoms with Gasteiger partial charge < -0.3 is 5.73 Å². The maximum absolute atomic E-state index is 12.9. The van der Waals surface area contributed by atoms with E-state index >= 15 is 0 Å². The van der Waals surface area contributed by atoms with E-state index in [1.165, 1.54) is 12.1 Å². The zero-order valence-corrected chi connectivity index (χ0v) is 8.50. The molecule has 15 heavy (non-hydrogen) atoms. The number of nitrogens with zero attached hydrogens (tertiary/aromatic N) is 2. The molecule has 2 N–H and O–H groups in total. The number of hydrogen-bond acceptors (Lipinski definition) is 3. The van der Waals surface area contributed by atoms with Crippen molar-refractivity contribution in [1.29, 1.82) is 0 Å². The van der Waals surface area contributed by atoms with E-state index in [-0.39, 0.29) is 5.82 Å². The molecular weight excluding hydrogens is 193 g/mol. The summed E-state index contributed by atoms with van der Waals surface area (Å²) in [6.45, 7) is 1.86. The molecule has 0 spiro atoms. The average Bonchev–Trinajstić information content (AvgIpc) is 2.20. The summed E-state index contributed by atoms with van der Waals surface area (Å²) in [5.41, 5.74) is 8.23. The van der Waals surface area contributed by atoms with E-state index in [9.17, 15) is 4.39 Å². The molecule has 0 saturated heterocycles. The lowest BCUT2D eigenvalue weighted by Gasteiger charge is -2.11. The predicted octanol–water partition coefficient (Wildman–Crippen LogP) is 1.99. The summed E-state index contributed by atoms with van der Waals surface area (Å²) in [7, 11) is 0. The number of nitrogens with two attached hydrogens (primary N) is 1. The van der Waals surface area contributed by atoms with Crippen LogP contribution < -0.4 is 5.73 Å². The molecule has 0 atom stereocenters. The third-order valence-electron chi connectivity index (χ3n) is 2.42. The molecule has 3 nitrogen and oxygen atoms in total. The van der Waals surface area contributed by atoms with Crippen molar-refractivity contribution in [2.75, 3.05) is 0 Å². The number of amidine groups is 1. The van der Waals surface area contributed by atoms with Crippen molar-refractivity contribution in [3.05, 3.63) is 35.1 Å². The van der Waals surface area contributed by atoms with Crippen LogP contribution in [0.2, 0.25) is 0 Å². The van der Waals surface area contributed by atoms with Crippen LogP contribution >= 0.6 is 0 Å². The largest absolute Gasteiger partial charge is 0.386 e. The van der Waals surface area contributed by atoms with Crippen LogP contribution in [0.4, 0.5) is 4.39 Å². The standard InChI is InChI=1S/C11H12FN3/c1-7-6-8(12)2-3-9(7)10-4-5-11(13)15-14-10/h2-3,6H,4-5H2,1H3,(H2,13,15). The Bertz CT molecular complexity index is 449. The van der Waals surface area contributed by atoms with Gasteiger partial charge in [-0.05, 0) is 37.1 Å². The molecule has 4 heteroatoms. The topological polar surface area (TPSA) is 50.7 Å². The van der Waals surface area contributed by atoms with E-state index in [0.717, 1.165) is 29.7 Å². The Morgan fingerprint density at radius 1 is 1.27 bits per heavy atom. The molecule has 0 aromatic heterocycles. The Balaban J connectivity index is 2.38. The van der Waals surface area contributed by atoms with Crippen molar-refractivity contribution in [1.82, 2.24) is 0 Å². The van der Waals surface area contributed by atoms with Crippen LogP contribution in [0, 0.1) is 12.7 Å². The fourth-order valence-electron chi connectivity index (χ4n) is 1.61. The normalized spacial score (nSPS) is 15.9. The van der Waals surface area contributed by atoms with Gasteiger partial charge in [-0.3, -0.25) is 0 Å². The Kier molecular flexibility index (Phi) is 2.49. The molecule has 1 aliphatic rings. The van der Waals surface area contributed by atoms with Crippen molar-refractivity contribution >= 4 is 11.5 Å². The van der Waals surface area contributed by atoms with Gasteiger partial charge in [-0.2, -0.15) is 5.10 Å². The molecule has 78 valence electrons. The molecular formula is C11H12FN3. The van der Waals surface area contributed by atoms with E-state index in [0.29, 0.717) is 5.84 Å². The van der Waals surface area contributed by atoms with Crippen LogP contribution in [0.15, 0.2) is 28.4 Å². The van der Waals surface area contributed by atoms with Crippen molar-refractivity contribution in [3.8, 4) is 0 Å². The molecule has 0 unspecified atom stereocenters. The van der Waals surface area contributed by atoms with Crippen LogP contribution in [-0.2, 0) is 0 Å². The lowest BCUT2D eigenvalue weighted by Crippen LogP contribution is -2.18. The number of rotatable bonds is 1. The summed E-state index contributed by atoms with van der Waals surface area (Å²) in [5, 5.41) is 7.87. The smallest absolute Gasteiger partial charge is 0.123 e. The second-order valence-electron chi connectivity index (χ2n) is 3.60. The van der Waals surface area contributed by atoms with Crippen molar-refractivity contribution in [3.63, 3.8) is 0 Å². The van der Waals surface area contributed by atoms with Crippen LogP contribution in [0.5, 0.6) is 0 Å². The zero-order chi connectivity index (χ0) is 10.8. The summed E-state index contributed by atoms with van der Waals surface area (Å²) in [6, 6.07) is 4.67. The van der Waals surface area contributed by atoms with Gasteiger partial charge in [0.25, 0.3) is 0 Å². The minimum absolute atomic E-state index is 0.226. The molecule has 0 aliphatic carbocycles. The number of aryl methyl sites for hydroxylation is 1. The zero-order valence-electron chi connectivity index (χ0n) is 8.50. The molecule has 2 rings (SSSR count). The summed E-state index contributed by atoms with van der Waals surface area (Å²) in [6.07, 6.45) is 1.48. The van der Waals surface area contributed by atoms with Gasteiger partial charge in [0, 0.05) is 12.0 Å². The quantitative estimate of drug-likeness (QED) is 0.748. The first-order valence-electron chi connectivity index (χ1n) is 4.82. The van der Waals surface area contributed by atoms with Gasteiger partial charge in [0.2, 0.25) is 0 Å². The number of halogens is 1. The molecule has 1 aliphatic heterocycles. The molecule has 0 radical (unpaired) electrons. The first-order valence-corrected chi connectivity index (χ1v) is 4.82. The second-order valence-corrected chi connectivity index (χ2v) is 3.60. The highest BCUT2D eigenvalue weighted by Crippen LogP contribution is 2.16. The monoisotopic (exact) mass is 205 g/mol. The van der Waals surface area contributed by atoms with Crippen LogP contribution in [0.1, 0.15) is 24.0 Å². The summed E-state index contributed by atoms with van der Waals surface area (Å²) < 4.78 is 12.9.